The van der Waals surface area contributed by atoms with E-state index >= 15 is 0 Å². The van der Waals surface area contributed by atoms with Crippen molar-refractivity contribution in [2.75, 3.05) is 40.7 Å². The molecule has 0 spiro atoms. The van der Waals surface area contributed by atoms with Crippen LogP contribution in [-0.4, -0.2) is 86.8 Å². The first kappa shape index (κ1) is 24.1. The second-order valence-electron chi connectivity index (χ2n) is 6.47. The molecule has 1 aliphatic rings. The highest BCUT2D eigenvalue weighted by Gasteiger charge is 2.33. The zero-order chi connectivity index (χ0) is 23.1. The number of cyclic esters (lactones) is 1. The van der Waals surface area contributed by atoms with E-state index in [9.17, 15) is 24.3 Å². The number of likely N-dealkylation sites (N-methyl/N-ethyl adjacent to an activating group) is 1. The number of phenols is 1. The monoisotopic (exact) mass is 456 g/mol. The molecule has 12 heteroatoms. The molecule has 11 nitrogen and oxygen atoms in total. The van der Waals surface area contributed by atoms with E-state index in [1.54, 1.807) is 0 Å². The van der Waals surface area contributed by atoms with Gasteiger partial charge in [-0.25, -0.2) is 14.4 Å². The summed E-state index contributed by atoms with van der Waals surface area (Å²) in [6, 6.07) is 0.442. The number of carbonyl (C=O) groups excluding carboxylic acids is 4. The molecule has 1 aliphatic heterocycles. The average Bonchev–Trinajstić information content (AvgIpc) is 2.76. The Balaban J connectivity index is 2.46. The van der Waals surface area contributed by atoms with E-state index in [4.69, 9.17) is 14.2 Å². The number of amides is 2. The molecule has 2 rings (SSSR count). The number of phenolic OH excluding ortho intramolecular Hbond substituents is 1. The van der Waals surface area contributed by atoms with Gasteiger partial charge < -0.3 is 29.4 Å². The molecule has 0 saturated heterocycles. The predicted molar refractivity (Wildman–Crippen MR) is 109 cm³/mol. The number of methoxy groups -OCH3 is 3. The summed E-state index contributed by atoms with van der Waals surface area (Å²) < 4.78 is 19.7. The molecular formula is C19H24N2O9S. The van der Waals surface area contributed by atoms with Crippen LogP contribution in [0.3, 0.4) is 0 Å². The summed E-state index contributed by atoms with van der Waals surface area (Å²) in [4.78, 5) is 50.6. The van der Waals surface area contributed by atoms with Crippen LogP contribution in [0.15, 0.2) is 12.1 Å². The molecule has 1 aromatic carbocycles. The van der Waals surface area contributed by atoms with E-state index in [1.165, 1.54) is 45.2 Å². The minimum atomic E-state index is -1.28. The van der Waals surface area contributed by atoms with E-state index in [1.807, 2.05) is 0 Å². The van der Waals surface area contributed by atoms with Crippen molar-refractivity contribution in [1.82, 2.24) is 10.2 Å². The summed E-state index contributed by atoms with van der Waals surface area (Å²) in [6.07, 6.45) is -0.841. The lowest BCUT2D eigenvalue weighted by molar-refractivity contribution is -0.145. The topological polar surface area (TPSA) is 141 Å². The van der Waals surface area contributed by atoms with Gasteiger partial charge in [0.15, 0.2) is 0 Å². The molecule has 1 aromatic rings. The number of benzene rings is 1. The van der Waals surface area contributed by atoms with Gasteiger partial charge in [0.05, 0.1) is 26.9 Å². The molecule has 0 unspecified atom stereocenters. The molecule has 31 heavy (non-hydrogen) atoms. The van der Waals surface area contributed by atoms with E-state index in [2.05, 4.69) is 10.1 Å². The normalized spacial score (nSPS) is 19.5. The van der Waals surface area contributed by atoms with Crippen LogP contribution in [0.25, 0.3) is 0 Å². The van der Waals surface area contributed by atoms with Gasteiger partial charge in [-0.1, -0.05) is 0 Å². The molecule has 0 aliphatic carbocycles. The van der Waals surface area contributed by atoms with Gasteiger partial charge in [-0.05, 0) is 6.07 Å². The molecule has 0 fully saturated rings. The van der Waals surface area contributed by atoms with Gasteiger partial charge in [0, 0.05) is 30.2 Å². The molecule has 1 heterocycles. The number of esters is 2. The van der Waals surface area contributed by atoms with Crippen LogP contribution in [-0.2, 0) is 29.6 Å². The van der Waals surface area contributed by atoms with Gasteiger partial charge in [0.1, 0.15) is 30.2 Å². The molecule has 0 bridgehead atoms. The van der Waals surface area contributed by atoms with Crippen molar-refractivity contribution in [2.45, 2.75) is 17.8 Å². The zero-order valence-electron chi connectivity index (χ0n) is 17.5. The fraction of sp³-hybridized carbons (Fsp3) is 0.474. The molecule has 170 valence electrons. The van der Waals surface area contributed by atoms with Crippen molar-refractivity contribution in [3.8, 4) is 11.5 Å². The molecular weight excluding hydrogens is 432 g/mol. The Morgan fingerprint density at radius 1 is 1.23 bits per heavy atom. The minimum Gasteiger partial charge on any atom is -0.507 e. The largest absolute Gasteiger partial charge is 0.507 e. The Hall–Kier alpha value is -3.15. The van der Waals surface area contributed by atoms with Crippen LogP contribution in [0, 0.1) is 0 Å². The molecule has 2 amide bonds. The first-order valence-corrected chi connectivity index (χ1v) is 10.2. The number of hydrogen-bond donors (Lipinski definition) is 2. The third-order valence-corrected chi connectivity index (χ3v) is 5.66. The Morgan fingerprint density at radius 3 is 2.55 bits per heavy atom. The number of fused-ring (bicyclic) bond motifs is 1. The van der Waals surface area contributed by atoms with Crippen LogP contribution >= 0.6 is 11.8 Å². The van der Waals surface area contributed by atoms with Gasteiger partial charge in [0.2, 0.25) is 5.91 Å². The van der Waals surface area contributed by atoms with Crippen LogP contribution in [0.4, 0.5) is 4.79 Å². The van der Waals surface area contributed by atoms with Crippen molar-refractivity contribution in [1.29, 1.82) is 0 Å². The Morgan fingerprint density at radius 2 is 1.94 bits per heavy atom. The highest BCUT2D eigenvalue weighted by atomic mass is 32.2. The smallest absolute Gasteiger partial charge is 0.410 e. The van der Waals surface area contributed by atoms with Crippen molar-refractivity contribution >= 4 is 35.7 Å². The number of nitrogens with one attached hydrogen (secondary N) is 1. The summed E-state index contributed by atoms with van der Waals surface area (Å²) in [6.45, 7) is -0.519. The van der Waals surface area contributed by atoms with Crippen molar-refractivity contribution in [3.63, 3.8) is 0 Å². The Bertz CT molecular complexity index is 861. The van der Waals surface area contributed by atoms with Crippen molar-refractivity contribution in [2.24, 2.45) is 0 Å². The third kappa shape index (κ3) is 5.72. The van der Waals surface area contributed by atoms with Gasteiger partial charge in [-0.3, -0.25) is 9.69 Å². The molecule has 0 saturated carbocycles. The predicted octanol–water partition coefficient (Wildman–Crippen LogP) is 0.529. The molecule has 0 aromatic heterocycles. The number of nitrogens with zero attached hydrogens (tertiary/aromatic N) is 1. The van der Waals surface area contributed by atoms with E-state index in [-0.39, 0.29) is 34.1 Å². The summed E-state index contributed by atoms with van der Waals surface area (Å²) in [7, 11) is 4.99. The summed E-state index contributed by atoms with van der Waals surface area (Å²) in [5.41, 5.74) is 0.323. The lowest BCUT2D eigenvalue weighted by atomic mass is 10.1. The quantitative estimate of drug-likeness (QED) is 0.489. The fourth-order valence-electron chi connectivity index (χ4n) is 2.81. The lowest BCUT2D eigenvalue weighted by Crippen LogP contribution is -2.55. The first-order valence-electron chi connectivity index (χ1n) is 9.07. The minimum absolute atomic E-state index is 0.0411. The molecule has 2 N–H and O–H groups in total. The van der Waals surface area contributed by atoms with Crippen molar-refractivity contribution < 1.29 is 43.2 Å². The van der Waals surface area contributed by atoms with E-state index < -0.39 is 42.6 Å². The maximum atomic E-state index is 12.8. The number of thioether (sulfide) groups is 1. The highest BCUT2D eigenvalue weighted by Crippen LogP contribution is 2.32. The summed E-state index contributed by atoms with van der Waals surface area (Å²) in [5.74, 6) is -1.94. The van der Waals surface area contributed by atoms with Crippen LogP contribution in [0.5, 0.6) is 11.5 Å². The standard InChI is InChI=1S/C19H24N2O9S/c1-21(19(26)29-4)14-7-30-17(24)11-5-10(27-2)6-15(22)12(11)8-31-9-13(18(25)28-3)20-16(14)23/h5-6,13-14,22H,7-9H2,1-4H3,(H,20,23)/t13-,14-/m0/s1. The second kappa shape index (κ2) is 10.8. The van der Waals surface area contributed by atoms with Crippen LogP contribution in [0.1, 0.15) is 15.9 Å². The number of aromatic hydroxyl groups is 1. The van der Waals surface area contributed by atoms with Crippen LogP contribution < -0.4 is 10.1 Å². The number of hydrogen-bond acceptors (Lipinski definition) is 10. The van der Waals surface area contributed by atoms with E-state index in [0.29, 0.717) is 0 Å². The van der Waals surface area contributed by atoms with Gasteiger partial charge in [-0.2, -0.15) is 11.8 Å². The van der Waals surface area contributed by atoms with Crippen LogP contribution in [0.2, 0.25) is 0 Å². The molecule has 2 atom stereocenters. The molecule has 0 radical (unpaired) electrons. The summed E-state index contributed by atoms with van der Waals surface area (Å²) >= 11 is 1.18. The maximum Gasteiger partial charge on any atom is 0.410 e. The zero-order valence-corrected chi connectivity index (χ0v) is 18.3. The number of carbonyl (C=O) groups is 4. The Labute approximate surface area is 182 Å². The SMILES string of the molecule is COC(=O)[C@@H]1CSCc2c(O)cc(OC)cc2C(=O)OC[C@H](N(C)C(=O)OC)C(=O)N1. The van der Waals surface area contributed by atoms with Crippen molar-refractivity contribution in [3.05, 3.63) is 23.3 Å². The number of ether oxygens (including phenoxy) is 4. The number of rotatable bonds is 3. The van der Waals surface area contributed by atoms with Gasteiger partial charge in [0.25, 0.3) is 0 Å². The van der Waals surface area contributed by atoms with Gasteiger partial charge >= 0.3 is 18.0 Å². The maximum absolute atomic E-state index is 12.8. The summed E-state index contributed by atoms with van der Waals surface area (Å²) in [5, 5.41) is 12.9. The first-order chi connectivity index (χ1) is 14.7. The average molecular weight is 456 g/mol. The Kier molecular flexibility index (Phi) is 8.37. The fourth-order valence-corrected chi connectivity index (χ4v) is 3.89. The highest BCUT2D eigenvalue weighted by molar-refractivity contribution is 7.98. The van der Waals surface area contributed by atoms with Gasteiger partial charge in [-0.15, -0.1) is 0 Å². The lowest BCUT2D eigenvalue weighted by Gasteiger charge is -2.28. The van der Waals surface area contributed by atoms with E-state index in [0.717, 1.165) is 12.0 Å². The second-order valence-corrected chi connectivity index (χ2v) is 7.50. The third-order valence-electron chi connectivity index (χ3n) is 4.59.